The third-order valence-electron chi connectivity index (χ3n) is 6.21. The van der Waals surface area contributed by atoms with Gasteiger partial charge in [-0.05, 0) is 56.2 Å². The van der Waals surface area contributed by atoms with Crippen LogP contribution >= 0.6 is 0 Å². The van der Waals surface area contributed by atoms with Crippen LogP contribution in [0.15, 0.2) is 47.0 Å². The minimum atomic E-state index is -2.74. The van der Waals surface area contributed by atoms with Crippen LogP contribution < -0.4 is 0 Å². The first-order valence-corrected chi connectivity index (χ1v) is 12.6. The van der Waals surface area contributed by atoms with Crippen molar-refractivity contribution in [3.63, 3.8) is 0 Å². The molecule has 1 aliphatic heterocycles. The number of ether oxygens (including phenoxy) is 1. The number of aromatic nitrogens is 2. The van der Waals surface area contributed by atoms with Gasteiger partial charge < -0.3 is 34.7 Å². The Kier molecular flexibility index (Phi) is 10.4. The van der Waals surface area contributed by atoms with E-state index in [1.165, 1.54) is 0 Å². The second kappa shape index (κ2) is 13.7. The largest absolute Gasteiger partial charge is 0.508 e. The van der Waals surface area contributed by atoms with Crippen LogP contribution in [-0.2, 0) is 32.2 Å². The van der Waals surface area contributed by atoms with Crippen molar-refractivity contribution in [3.8, 4) is 17.0 Å². The first-order chi connectivity index (χ1) is 18.9. The number of phenols is 1. The highest BCUT2D eigenvalue weighted by molar-refractivity contribution is 5.88. The molecule has 1 aromatic carbocycles. The molecule has 0 radical (unpaired) electrons. The number of H-pyrrole nitrogens is 1. The molecule has 0 aliphatic carbocycles. The molecule has 0 saturated carbocycles. The van der Waals surface area contributed by atoms with Gasteiger partial charge in [-0.25, -0.2) is 4.79 Å². The molecule has 1 fully saturated rings. The molecule has 2 aromatic heterocycles. The number of nitrogens with zero attached hydrogens (tertiary/aromatic N) is 2. The summed E-state index contributed by atoms with van der Waals surface area (Å²) in [4.78, 5) is 32.8. The zero-order valence-electron chi connectivity index (χ0n) is 21.9. The molecule has 3 aromatic rings. The molecule has 0 spiro atoms. The van der Waals surface area contributed by atoms with E-state index in [9.17, 15) is 19.5 Å². The maximum Gasteiger partial charge on any atom is 0.336 e. The fraction of sp³-hybridized carbons (Fsp3) is 0.407. The second-order valence-corrected chi connectivity index (χ2v) is 9.61. The number of nitrogens with one attached hydrogen (secondary N) is 1. The molecule has 6 N–H and O–H groups in total. The quantitative estimate of drug-likeness (QED) is 0.189. The number of furan rings is 1. The van der Waals surface area contributed by atoms with Gasteiger partial charge in [-0.2, -0.15) is 5.10 Å². The van der Waals surface area contributed by atoms with E-state index in [0.717, 1.165) is 67.4 Å². The van der Waals surface area contributed by atoms with Crippen molar-refractivity contribution in [3.05, 3.63) is 59.7 Å². The number of carbonyl (C=O) groups is 3. The maximum absolute atomic E-state index is 10.3. The standard InChI is InChI=1S/C21H25N3O3.C6H8O7/c1-15-4-9-20(27-15)14-24(13-19-3-2-10-26-19)12-17-11-22-23-21(17)16-5-7-18(25)8-6-16;7-3(8)1-6(13,5(11)12)2-4(9)10/h4-9,11,19,25H,2-3,10,12-14H2,1H3,(H,22,23);13H,1-2H2,(H,7,8)(H,9,10)(H,11,12). The topological polar surface area (TPSA) is 207 Å². The highest BCUT2D eigenvalue weighted by atomic mass is 16.5. The van der Waals surface area contributed by atoms with E-state index in [2.05, 4.69) is 15.1 Å². The van der Waals surface area contributed by atoms with Crippen molar-refractivity contribution in [1.82, 2.24) is 15.1 Å². The number of hydrogen-bond donors (Lipinski definition) is 6. The number of aliphatic hydroxyl groups is 1. The Labute approximate surface area is 229 Å². The molecule has 1 saturated heterocycles. The first-order valence-electron chi connectivity index (χ1n) is 12.6. The molecule has 13 nitrogen and oxygen atoms in total. The Morgan fingerprint density at radius 3 is 2.25 bits per heavy atom. The van der Waals surface area contributed by atoms with Crippen LogP contribution in [0.2, 0.25) is 0 Å². The summed E-state index contributed by atoms with van der Waals surface area (Å²) in [6.07, 6.45) is 2.08. The summed E-state index contributed by atoms with van der Waals surface area (Å²) in [6, 6.07) is 11.2. The van der Waals surface area contributed by atoms with Gasteiger partial charge in [0.05, 0.1) is 37.4 Å². The van der Waals surface area contributed by atoms with Gasteiger partial charge in [0.2, 0.25) is 0 Å². The molecule has 3 heterocycles. The van der Waals surface area contributed by atoms with E-state index in [0.29, 0.717) is 0 Å². The summed E-state index contributed by atoms with van der Waals surface area (Å²) >= 11 is 0. The SMILES string of the molecule is Cc1ccc(CN(Cc2cn[nH]c2-c2ccc(O)cc2)CC2CCCO2)o1.O=C(O)CC(O)(CC(=O)O)C(=O)O. The van der Waals surface area contributed by atoms with Crippen molar-refractivity contribution in [2.24, 2.45) is 0 Å². The van der Waals surface area contributed by atoms with Crippen LogP contribution in [0.5, 0.6) is 5.75 Å². The van der Waals surface area contributed by atoms with Crippen LogP contribution in [0.3, 0.4) is 0 Å². The molecular weight excluding hydrogens is 526 g/mol. The van der Waals surface area contributed by atoms with E-state index >= 15 is 0 Å². The Morgan fingerprint density at radius 1 is 1.05 bits per heavy atom. The van der Waals surface area contributed by atoms with Gasteiger partial charge in [-0.1, -0.05) is 0 Å². The zero-order chi connectivity index (χ0) is 29.3. The van der Waals surface area contributed by atoms with Crippen molar-refractivity contribution in [2.45, 2.75) is 57.4 Å². The summed E-state index contributed by atoms with van der Waals surface area (Å²) in [7, 11) is 0. The number of phenolic OH excluding ortho intramolecular Hbond substituents is 1. The fourth-order valence-corrected chi connectivity index (χ4v) is 4.32. The highest BCUT2D eigenvalue weighted by Crippen LogP contribution is 2.26. The van der Waals surface area contributed by atoms with Gasteiger partial charge in [-0.15, -0.1) is 0 Å². The van der Waals surface area contributed by atoms with Gasteiger partial charge in [0.15, 0.2) is 5.60 Å². The Morgan fingerprint density at radius 2 is 1.73 bits per heavy atom. The zero-order valence-corrected chi connectivity index (χ0v) is 21.9. The number of carboxylic acid groups (broad SMARTS) is 3. The Bertz CT molecular complexity index is 1260. The predicted octanol–water partition coefficient (Wildman–Crippen LogP) is 2.62. The maximum atomic E-state index is 10.3. The molecule has 0 bridgehead atoms. The average molecular weight is 560 g/mol. The summed E-state index contributed by atoms with van der Waals surface area (Å²) in [5.74, 6) is -2.88. The lowest BCUT2D eigenvalue weighted by molar-refractivity contribution is -0.170. The van der Waals surface area contributed by atoms with Gasteiger partial charge in [0, 0.05) is 30.8 Å². The molecule has 1 aliphatic rings. The molecule has 0 amide bonds. The molecule has 40 heavy (non-hydrogen) atoms. The van der Waals surface area contributed by atoms with Gasteiger partial charge >= 0.3 is 17.9 Å². The summed E-state index contributed by atoms with van der Waals surface area (Å²) in [5.41, 5.74) is 0.355. The number of aryl methyl sites for hydroxylation is 1. The molecular formula is C27H33N3O10. The number of benzene rings is 1. The number of aliphatic carboxylic acids is 3. The van der Waals surface area contributed by atoms with E-state index in [1.54, 1.807) is 12.1 Å². The van der Waals surface area contributed by atoms with E-state index in [1.807, 2.05) is 37.4 Å². The van der Waals surface area contributed by atoms with Crippen LogP contribution in [0.25, 0.3) is 11.3 Å². The number of carboxylic acids is 3. The predicted molar refractivity (Wildman–Crippen MR) is 139 cm³/mol. The monoisotopic (exact) mass is 559 g/mol. The number of aromatic hydroxyl groups is 1. The van der Waals surface area contributed by atoms with Gasteiger partial charge in [-0.3, -0.25) is 19.6 Å². The fourth-order valence-electron chi connectivity index (χ4n) is 4.32. The normalized spacial score (nSPS) is 15.0. The third-order valence-corrected chi connectivity index (χ3v) is 6.21. The molecule has 13 heteroatoms. The summed E-state index contributed by atoms with van der Waals surface area (Å²) in [5, 5.41) is 50.7. The van der Waals surface area contributed by atoms with Crippen LogP contribution in [0.4, 0.5) is 0 Å². The second-order valence-electron chi connectivity index (χ2n) is 9.61. The lowest BCUT2D eigenvalue weighted by atomic mass is 9.96. The van der Waals surface area contributed by atoms with Gasteiger partial charge in [0.1, 0.15) is 17.3 Å². The van der Waals surface area contributed by atoms with E-state index in [-0.39, 0.29) is 11.9 Å². The van der Waals surface area contributed by atoms with Crippen molar-refractivity contribution < 1.29 is 49.1 Å². The van der Waals surface area contributed by atoms with E-state index in [4.69, 9.17) is 29.6 Å². The highest BCUT2D eigenvalue weighted by Gasteiger charge is 2.40. The molecule has 1 atom stereocenters. The average Bonchev–Trinajstić information content (AvgIpc) is 3.62. The number of rotatable bonds is 12. The lowest BCUT2D eigenvalue weighted by Crippen LogP contribution is -2.42. The van der Waals surface area contributed by atoms with E-state index < -0.39 is 36.4 Å². The minimum absolute atomic E-state index is 0.257. The molecule has 216 valence electrons. The van der Waals surface area contributed by atoms with Crippen molar-refractivity contribution in [1.29, 1.82) is 0 Å². The van der Waals surface area contributed by atoms with Crippen LogP contribution in [-0.4, -0.2) is 83.4 Å². The molecule has 4 rings (SSSR count). The number of aromatic amines is 1. The number of hydrogen-bond acceptors (Lipinski definition) is 9. The van der Waals surface area contributed by atoms with Gasteiger partial charge in [0.25, 0.3) is 0 Å². The Balaban J connectivity index is 0.000000289. The first kappa shape index (κ1) is 30.3. The third kappa shape index (κ3) is 8.93. The van der Waals surface area contributed by atoms with Crippen LogP contribution in [0, 0.1) is 6.92 Å². The minimum Gasteiger partial charge on any atom is -0.508 e. The van der Waals surface area contributed by atoms with Crippen LogP contribution in [0.1, 0.15) is 42.8 Å². The summed E-state index contributed by atoms with van der Waals surface area (Å²) < 4.78 is 11.6. The summed E-state index contributed by atoms with van der Waals surface area (Å²) in [6.45, 7) is 5.15. The van der Waals surface area contributed by atoms with Crippen molar-refractivity contribution in [2.75, 3.05) is 13.2 Å². The molecule has 1 unspecified atom stereocenters. The Hall–Kier alpha value is -4.20. The smallest absolute Gasteiger partial charge is 0.336 e. The van der Waals surface area contributed by atoms with Crippen molar-refractivity contribution >= 4 is 17.9 Å². The lowest BCUT2D eigenvalue weighted by Gasteiger charge is -2.24.